The van der Waals surface area contributed by atoms with Gasteiger partial charge < -0.3 is 30.7 Å². The molecule has 290 valence electrons. The molecule has 5 rings (SSSR count). The molecule has 13 nitrogen and oxygen atoms in total. The Hall–Kier alpha value is -5.98. The minimum atomic E-state index is -4.66. The number of nitrogens with zero attached hydrogens (tertiary/aromatic N) is 3. The molecule has 1 heterocycles. The summed E-state index contributed by atoms with van der Waals surface area (Å²) < 4.78 is 88.4. The van der Waals surface area contributed by atoms with E-state index in [-0.39, 0.29) is 36.0 Å². The lowest BCUT2D eigenvalue weighted by molar-refractivity contribution is -0.154. The molecule has 2 amide bonds. The van der Waals surface area contributed by atoms with Gasteiger partial charge >= 0.3 is 18.2 Å². The Balaban J connectivity index is 1.20. The number of nitrogens with one attached hydrogen (secondary N) is 4. The van der Waals surface area contributed by atoms with Gasteiger partial charge in [0.1, 0.15) is 6.04 Å². The molecule has 1 aromatic heterocycles. The number of benzene rings is 3. The summed E-state index contributed by atoms with van der Waals surface area (Å²) in [6.07, 6.45) is -4.26. The summed E-state index contributed by atoms with van der Waals surface area (Å²) in [7, 11) is 1.06. The minimum Gasteiger partial charge on any atom is -0.467 e. The molecular weight excluding hydrogens is 764 g/mol. The molecule has 1 atom stereocenters. The van der Waals surface area contributed by atoms with Gasteiger partial charge in [0.2, 0.25) is 17.7 Å². The lowest BCUT2D eigenvalue weighted by Gasteiger charge is -2.19. The third-order valence-electron chi connectivity index (χ3n) is 8.05. The van der Waals surface area contributed by atoms with Crippen LogP contribution in [0.3, 0.4) is 0 Å². The van der Waals surface area contributed by atoms with Crippen molar-refractivity contribution in [1.82, 2.24) is 25.6 Å². The monoisotopic (exact) mass is 793 g/mol. The molecule has 1 saturated carbocycles. The van der Waals surface area contributed by atoms with Crippen LogP contribution < -0.4 is 26.0 Å². The molecule has 0 spiro atoms. The van der Waals surface area contributed by atoms with E-state index in [1.165, 1.54) is 24.3 Å². The van der Waals surface area contributed by atoms with Gasteiger partial charge in [-0.2, -0.15) is 28.1 Å². The van der Waals surface area contributed by atoms with Gasteiger partial charge in [-0.25, -0.2) is 18.0 Å². The fourth-order valence-electron chi connectivity index (χ4n) is 5.14. The highest BCUT2D eigenvalue weighted by molar-refractivity contribution is 6.36. The van der Waals surface area contributed by atoms with Crippen LogP contribution in [0.15, 0.2) is 60.7 Å². The van der Waals surface area contributed by atoms with Crippen LogP contribution in [0.5, 0.6) is 6.01 Å². The van der Waals surface area contributed by atoms with Gasteiger partial charge in [-0.15, -0.1) is 0 Å². The van der Waals surface area contributed by atoms with Crippen molar-refractivity contribution in [3.8, 4) is 6.01 Å². The van der Waals surface area contributed by atoms with Crippen LogP contribution in [0.2, 0.25) is 5.02 Å². The Bertz CT molecular complexity index is 2050. The predicted molar refractivity (Wildman–Crippen MR) is 183 cm³/mol. The number of amides is 2. The molecule has 1 aliphatic rings. The molecule has 4 aromatic rings. The van der Waals surface area contributed by atoms with Crippen molar-refractivity contribution >= 4 is 52.8 Å². The zero-order valence-corrected chi connectivity index (χ0v) is 29.3. The Labute approximate surface area is 313 Å². The zero-order valence-electron chi connectivity index (χ0n) is 28.5. The third-order valence-corrected chi connectivity index (χ3v) is 8.30. The van der Waals surface area contributed by atoms with E-state index < -0.39 is 77.8 Å². The van der Waals surface area contributed by atoms with Crippen LogP contribution in [0.25, 0.3) is 0 Å². The first-order chi connectivity index (χ1) is 26.0. The lowest BCUT2D eigenvalue weighted by Crippen LogP contribution is -2.44. The second-order valence-corrected chi connectivity index (χ2v) is 12.6. The van der Waals surface area contributed by atoms with Crippen LogP contribution in [0, 0.1) is 17.5 Å². The molecular formula is C35H30ClF6N7O6. The highest BCUT2D eigenvalue weighted by Gasteiger charge is 2.45. The zero-order chi connectivity index (χ0) is 39.9. The highest BCUT2D eigenvalue weighted by atomic mass is 35.5. The summed E-state index contributed by atoms with van der Waals surface area (Å²) in [5, 5.41) is 11.2. The maximum Gasteiger partial charge on any atom is 0.422 e. The SMILES string of the molecule is COC(=O)[C@H](CCNC(=O)C(=O)Cc1cc(F)c(F)c(F)c1)NC(=O)c1ccc(Nc2nc(NC3(c4ccc(Cl)cc4)CC3)nc(OCC(F)(F)F)n2)cc1. The second-order valence-electron chi connectivity index (χ2n) is 12.2. The number of esters is 1. The maximum absolute atomic E-state index is 13.5. The number of methoxy groups -OCH3 is 1. The normalized spacial score (nSPS) is 13.6. The van der Waals surface area contributed by atoms with Gasteiger partial charge in [0.05, 0.1) is 12.6 Å². The number of carbonyl (C=O) groups excluding carboxylic acids is 4. The van der Waals surface area contributed by atoms with E-state index in [2.05, 4.69) is 36.2 Å². The van der Waals surface area contributed by atoms with Crippen LogP contribution >= 0.6 is 11.6 Å². The maximum atomic E-state index is 13.5. The molecule has 0 bridgehead atoms. The minimum absolute atomic E-state index is 0.0586. The first-order valence-electron chi connectivity index (χ1n) is 16.2. The van der Waals surface area contributed by atoms with Crippen molar-refractivity contribution in [2.45, 2.75) is 43.4 Å². The largest absolute Gasteiger partial charge is 0.467 e. The number of alkyl halides is 3. The van der Waals surface area contributed by atoms with E-state index in [0.717, 1.165) is 12.7 Å². The van der Waals surface area contributed by atoms with Gasteiger partial charge in [0.25, 0.3) is 11.8 Å². The molecule has 3 aromatic carbocycles. The van der Waals surface area contributed by atoms with Gasteiger partial charge in [0.15, 0.2) is 24.1 Å². The summed E-state index contributed by atoms with van der Waals surface area (Å²) in [6.45, 7) is -1.96. The number of anilines is 3. The van der Waals surface area contributed by atoms with E-state index in [9.17, 15) is 45.5 Å². The van der Waals surface area contributed by atoms with E-state index in [1.807, 2.05) is 12.1 Å². The summed E-state index contributed by atoms with van der Waals surface area (Å²) in [5.41, 5.74) is 0.368. The predicted octanol–water partition coefficient (Wildman–Crippen LogP) is 5.32. The van der Waals surface area contributed by atoms with Gasteiger partial charge in [-0.3, -0.25) is 14.4 Å². The van der Waals surface area contributed by atoms with Crippen molar-refractivity contribution in [2.75, 3.05) is 30.9 Å². The van der Waals surface area contributed by atoms with E-state index >= 15 is 0 Å². The number of hydrogen-bond acceptors (Lipinski definition) is 11. The Morgan fingerprint density at radius 1 is 0.909 bits per heavy atom. The van der Waals surface area contributed by atoms with E-state index in [0.29, 0.717) is 35.7 Å². The Morgan fingerprint density at radius 2 is 1.55 bits per heavy atom. The number of aromatic nitrogens is 3. The van der Waals surface area contributed by atoms with Crippen LogP contribution in [0.1, 0.15) is 40.7 Å². The first-order valence-corrected chi connectivity index (χ1v) is 16.6. The Kier molecular flexibility index (Phi) is 12.4. The van der Waals surface area contributed by atoms with E-state index in [4.69, 9.17) is 21.1 Å². The average molecular weight is 794 g/mol. The molecule has 0 saturated heterocycles. The average Bonchev–Trinajstić information content (AvgIpc) is 3.92. The van der Waals surface area contributed by atoms with Crippen LogP contribution in [-0.2, 0) is 31.1 Å². The smallest absolute Gasteiger partial charge is 0.422 e. The summed E-state index contributed by atoms with van der Waals surface area (Å²) in [4.78, 5) is 62.1. The summed E-state index contributed by atoms with van der Waals surface area (Å²) in [5.74, 6) is -8.90. The molecule has 0 aliphatic heterocycles. The number of hydrogen-bond donors (Lipinski definition) is 4. The molecule has 55 heavy (non-hydrogen) atoms. The third kappa shape index (κ3) is 11.0. The van der Waals surface area contributed by atoms with Crippen molar-refractivity contribution in [2.24, 2.45) is 0 Å². The molecule has 1 fully saturated rings. The van der Waals surface area contributed by atoms with Gasteiger partial charge in [0, 0.05) is 29.2 Å². The van der Waals surface area contributed by atoms with Crippen molar-refractivity contribution in [1.29, 1.82) is 0 Å². The van der Waals surface area contributed by atoms with Gasteiger partial charge in [-0.05, 0) is 78.9 Å². The highest BCUT2D eigenvalue weighted by Crippen LogP contribution is 2.48. The molecule has 20 heteroatoms. The molecule has 4 N–H and O–H groups in total. The lowest BCUT2D eigenvalue weighted by atomic mass is 10.1. The molecule has 1 aliphatic carbocycles. The number of ketones is 1. The van der Waals surface area contributed by atoms with Crippen molar-refractivity contribution in [3.63, 3.8) is 0 Å². The molecule has 0 unspecified atom stereocenters. The number of ether oxygens (including phenoxy) is 2. The van der Waals surface area contributed by atoms with E-state index in [1.54, 1.807) is 12.1 Å². The second kappa shape index (κ2) is 17.0. The number of rotatable bonds is 16. The van der Waals surface area contributed by atoms with Crippen LogP contribution in [0.4, 0.5) is 43.9 Å². The Morgan fingerprint density at radius 3 is 2.15 bits per heavy atom. The van der Waals surface area contributed by atoms with Crippen molar-refractivity contribution in [3.05, 3.63) is 99.8 Å². The number of Topliss-reactive ketones (excluding diaryl/α,β-unsaturated/α-hetero) is 1. The number of halogens is 7. The fraction of sp³-hybridized carbons (Fsp3) is 0.286. The van der Waals surface area contributed by atoms with Crippen LogP contribution in [-0.4, -0.2) is 71.0 Å². The topological polar surface area (TPSA) is 174 Å². The van der Waals surface area contributed by atoms with Crippen molar-refractivity contribution < 1.29 is 55.0 Å². The summed E-state index contributed by atoms with van der Waals surface area (Å²) >= 11 is 6.01. The quantitative estimate of drug-likeness (QED) is 0.0501. The molecule has 0 radical (unpaired) electrons. The number of carbonyl (C=O) groups is 4. The fourth-order valence-corrected chi connectivity index (χ4v) is 5.27. The summed E-state index contributed by atoms with van der Waals surface area (Å²) in [6, 6.07) is 11.9. The standard InChI is InChI=1S/C35H30ClF6N7O6/c1-54-30(53)25(10-13-43-29(52)26(50)16-18-14-23(37)27(39)24(38)15-18)45-28(51)19-2-8-22(9-3-19)44-31-46-32(48-33(47-31)55-17-35(40,41)42)49-34(11-12-34)20-4-6-21(36)7-5-20/h2-9,14-15,25H,10-13,16-17H2,1H3,(H,43,52)(H,45,51)(H2,44,46,47,48,49)/t25-/m0/s1. The van der Waals surface area contributed by atoms with Gasteiger partial charge in [-0.1, -0.05) is 23.7 Å². The first kappa shape index (κ1) is 40.2.